The molecule has 4 rings (SSSR count). The van der Waals surface area contributed by atoms with E-state index in [0.717, 1.165) is 16.6 Å². The van der Waals surface area contributed by atoms with Crippen molar-refractivity contribution in [3.05, 3.63) is 65.9 Å². The van der Waals surface area contributed by atoms with E-state index < -0.39 is 17.7 Å². The van der Waals surface area contributed by atoms with Crippen LogP contribution in [0.2, 0.25) is 0 Å². The number of nitrogens with one attached hydrogen (secondary N) is 1. The number of fused-ring (bicyclic) bond motifs is 3. The maximum Gasteiger partial charge on any atom is 0.408 e. The van der Waals surface area contributed by atoms with Crippen molar-refractivity contribution in [2.24, 2.45) is 0 Å². The number of amides is 2. The summed E-state index contributed by atoms with van der Waals surface area (Å²) in [6, 6.07) is 16.2. The van der Waals surface area contributed by atoms with Crippen LogP contribution in [0.3, 0.4) is 0 Å². The molecule has 0 bridgehead atoms. The second-order valence-corrected chi connectivity index (χ2v) is 9.18. The number of ether oxygens (including phenoxy) is 1. The molecular formula is C25H29N3O4. The normalized spacial score (nSPS) is 14.7. The number of alkyl carbamates (subject to hydrolysis) is 1. The van der Waals surface area contributed by atoms with Crippen molar-refractivity contribution in [3.8, 4) is 5.75 Å². The molecule has 7 nitrogen and oxygen atoms in total. The lowest BCUT2D eigenvalue weighted by Gasteiger charge is -2.32. The lowest BCUT2D eigenvalue weighted by atomic mass is 10.0. The molecule has 1 atom stereocenters. The van der Waals surface area contributed by atoms with Gasteiger partial charge >= 0.3 is 6.09 Å². The first-order valence-electron chi connectivity index (χ1n) is 10.8. The van der Waals surface area contributed by atoms with Gasteiger partial charge in [0.15, 0.2) is 0 Å². The number of phenolic OH excluding ortho intramolecular Hbond substituents is 1. The monoisotopic (exact) mass is 435 g/mol. The number of carbonyl (C=O) groups is 2. The molecule has 1 aliphatic heterocycles. The summed E-state index contributed by atoms with van der Waals surface area (Å²) < 4.78 is 7.64. The molecule has 7 heteroatoms. The molecule has 2 amide bonds. The summed E-state index contributed by atoms with van der Waals surface area (Å²) in [5, 5.41) is 13.5. The molecule has 1 aromatic heterocycles. The van der Waals surface area contributed by atoms with Gasteiger partial charge in [0, 0.05) is 30.7 Å². The topological polar surface area (TPSA) is 83.8 Å². The number of phenols is 1. The van der Waals surface area contributed by atoms with E-state index in [0.29, 0.717) is 26.1 Å². The maximum atomic E-state index is 13.5. The van der Waals surface area contributed by atoms with E-state index in [1.807, 2.05) is 12.1 Å². The zero-order valence-corrected chi connectivity index (χ0v) is 18.7. The summed E-state index contributed by atoms with van der Waals surface area (Å²) in [5.41, 5.74) is 2.42. The van der Waals surface area contributed by atoms with Gasteiger partial charge in [0.05, 0.1) is 6.54 Å². The molecule has 1 unspecified atom stereocenters. The standard InChI is InChI=1S/C25H29N3O4/c1-25(2,3)32-24(31)26-21(14-17-8-10-20(29)11-9-17)23(30)27-12-13-28-19(16-27)15-18-6-4-5-7-22(18)28/h4-11,15,21,29H,12-14,16H2,1-3H3,(H,26,31). The molecule has 0 radical (unpaired) electrons. The smallest absolute Gasteiger partial charge is 0.408 e. The Morgan fingerprint density at radius 2 is 1.81 bits per heavy atom. The summed E-state index contributed by atoms with van der Waals surface area (Å²) in [4.78, 5) is 27.7. The van der Waals surface area contributed by atoms with E-state index in [9.17, 15) is 14.7 Å². The predicted octanol–water partition coefficient (Wildman–Crippen LogP) is 3.83. The molecular weight excluding hydrogens is 406 g/mol. The Kier molecular flexibility index (Phi) is 5.82. The zero-order chi connectivity index (χ0) is 22.9. The molecule has 1 aliphatic rings. The van der Waals surface area contributed by atoms with Crippen molar-refractivity contribution in [2.45, 2.75) is 51.9 Å². The van der Waals surface area contributed by atoms with E-state index in [4.69, 9.17) is 4.74 Å². The maximum absolute atomic E-state index is 13.5. The Balaban J connectivity index is 1.54. The van der Waals surface area contributed by atoms with E-state index >= 15 is 0 Å². The molecule has 3 aromatic rings. The third-order valence-electron chi connectivity index (χ3n) is 5.52. The van der Waals surface area contributed by atoms with Gasteiger partial charge in [-0.2, -0.15) is 0 Å². The largest absolute Gasteiger partial charge is 0.508 e. The number of aromatic nitrogens is 1. The highest BCUT2D eigenvalue weighted by molar-refractivity contribution is 5.87. The summed E-state index contributed by atoms with van der Waals surface area (Å²) in [6.45, 7) is 7.10. The molecule has 0 spiro atoms. The van der Waals surface area contributed by atoms with Crippen molar-refractivity contribution < 1.29 is 19.4 Å². The number of hydrogen-bond donors (Lipinski definition) is 2. The molecule has 0 aliphatic carbocycles. The molecule has 168 valence electrons. The van der Waals surface area contributed by atoms with Crippen LogP contribution in [0.15, 0.2) is 54.6 Å². The number of aromatic hydroxyl groups is 1. The lowest BCUT2D eigenvalue weighted by Crippen LogP contribution is -2.52. The van der Waals surface area contributed by atoms with Crippen molar-refractivity contribution in [3.63, 3.8) is 0 Å². The van der Waals surface area contributed by atoms with E-state index in [2.05, 4.69) is 28.1 Å². The molecule has 0 fully saturated rings. The first-order valence-corrected chi connectivity index (χ1v) is 10.8. The third-order valence-corrected chi connectivity index (χ3v) is 5.52. The van der Waals surface area contributed by atoms with Crippen molar-refractivity contribution >= 4 is 22.9 Å². The first kappa shape index (κ1) is 21.7. The van der Waals surface area contributed by atoms with Crippen LogP contribution in [0, 0.1) is 0 Å². The van der Waals surface area contributed by atoms with Gasteiger partial charge in [-0.05, 0) is 56.0 Å². The Morgan fingerprint density at radius 1 is 1.09 bits per heavy atom. The highest BCUT2D eigenvalue weighted by atomic mass is 16.6. The van der Waals surface area contributed by atoms with Crippen molar-refractivity contribution in [1.82, 2.24) is 14.8 Å². The number of hydrogen-bond acceptors (Lipinski definition) is 4. The van der Waals surface area contributed by atoms with Gasteiger partial charge in [0.2, 0.25) is 5.91 Å². The van der Waals surface area contributed by atoms with Crippen LogP contribution in [0.4, 0.5) is 4.79 Å². The Morgan fingerprint density at radius 3 is 2.53 bits per heavy atom. The lowest BCUT2D eigenvalue weighted by molar-refractivity contribution is -0.134. The van der Waals surface area contributed by atoms with E-state index in [-0.39, 0.29) is 11.7 Å². The van der Waals surface area contributed by atoms with Gasteiger partial charge in [-0.15, -0.1) is 0 Å². The number of benzene rings is 2. The van der Waals surface area contributed by atoms with Gasteiger partial charge in [0.25, 0.3) is 0 Å². The molecule has 2 N–H and O–H groups in total. The second-order valence-electron chi connectivity index (χ2n) is 9.18. The van der Waals surface area contributed by atoms with Gasteiger partial charge in [-0.3, -0.25) is 4.79 Å². The quantitative estimate of drug-likeness (QED) is 0.653. The van der Waals surface area contributed by atoms with E-state index in [1.54, 1.807) is 49.9 Å². The number of nitrogens with zero attached hydrogens (tertiary/aromatic N) is 2. The Hall–Kier alpha value is -3.48. The SMILES string of the molecule is CC(C)(C)OC(=O)NC(Cc1ccc(O)cc1)C(=O)N1CCn2c(cc3ccccc32)C1. The predicted molar refractivity (Wildman–Crippen MR) is 122 cm³/mol. The Labute approximate surface area is 187 Å². The Bertz CT molecular complexity index is 1130. The van der Waals surface area contributed by atoms with E-state index in [1.165, 1.54) is 5.52 Å². The number of para-hydroxylation sites is 1. The number of rotatable bonds is 4. The summed E-state index contributed by atoms with van der Waals surface area (Å²) >= 11 is 0. The van der Waals surface area contributed by atoms with Gasteiger partial charge in [-0.25, -0.2) is 4.79 Å². The fourth-order valence-electron chi connectivity index (χ4n) is 4.08. The van der Waals surface area contributed by atoms with Crippen LogP contribution < -0.4 is 5.32 Å². The number of carbonyl (C=O) groups excluding carboxylic acids is 2. The zero-order valence-electron chi connectivity index (χ0n) is 18.7. The minimum atomic E-state index is -0.773. The van der Waals surface area contributed by atoms with Crippen LogP contribution >= 0.6 is 0 Å². The second kappa shape index (κ2) is 8.57. The van der Waals surface area contributed by atoms with Crippen molar-refractivity contribution in [2.75, 3.05) is 6.54 Å². The van der Waals surface area contributed by atoms with Crippen LogP contribution in [-0.2, 0) is 29.0 Å². The molecule has 2 aromatic carbocycles. The minimum Gasteiger partial charge on any atom is -0.508 e. The van der Waals surface area contributed by atoms with Crippen molar-refractivity contribution in [1.29, 1.82) is 0 Å². The molecule has 32 heavy (non-hydrogen) atoms. The molecule has 0 saturated heterocycles. The van der Waals surface area contributed by atoms with Crippen LogP contribution in [0.25, 0.3) is 10.9 Å². The summed E-state index contributed by atoms with van der Waals surface area (Å²) in [6.07, 6.45) is -0.321. The van der Waals surface area contributed by atoms with Gasteiger partial charge in [0.1, 0.15) is 17.4 Å². The summed E-state index contributed by atoms with van der Waals surface area (Å²) in [7, 11) is 0. The first-order chi connectivity index (χ1) is 15.2. The summed E-state index contributed by atoms with van der Waals surface area (Å²) in [5.74, 6) is 0.000951. The third kappa shape index (κ3) is 4.88. The molecule has 0 saturated carbocycles. The highest BCUT2D eigenvalue weighted by Crippen LogP contribution is 2.24. The molecule has 2 heterocycles. The minimum absolute atomic E-state index is 0.152. The average Bonchev–Trinajstić information content (AvgIpc) is 3.10. The van der Waals surface area contributed by atoms with Crippen LogP contribution in [0.1, 0.15) is 32.0 Å². The van der Waals surface area contributed by atoms with Gasteiger partial charge in [-0.1, -0.05) is 30.3 Å². The van der Waals surface area contributed by atoms with Crippen LogP contribution in [-0.4, -0.2) is 44.8 Å². The van der Waals surface area contributed by atoms with Crippen LogP contribution in [0.5, 0.6) is 5.75 Å². The highest BCUT2D eigenvalue weighted by Gasteiger charge is 2.31. The average molecular weight is 436 g/mol. The van der Waals surface area contributed by atoms with Gasteiger partial charge < -0.3 is 24.6 Å². The fourth-order valence-corrected chi connectivity index (χ4v) is 4.08. The fraction of sp³-hybridized carbons (Fsp3) is 0.360.